The van der Waals surface area contributed by atoms with E-state index in [1.807, 2.05) is 35.0 Å². The standard InChI is InChI=1S/C14H13N3OS2/c1-9-2-3-11(15)6-12(9)20-8-13-16-14(17-18-13)10-4-5-19-7-10/h2-7H,8,15H2,1H3. The Morgan fingerprint density at radius 2 is 2.25 bits per heavy atom. The number of thioether (sulfide) groups is 1. The fraction of sp³-hybridized carbons (Fsp3) is 0.143. The number of aryl methyl sites for hydroxylation is 1. The van der Waals surface area contributed by atoms with Gasteiger partial charge in [-0.05, 0) is 36.1 Å². The van der Waals surface area contributed by atoms with E-state index in [4.69, 9.17) is 10.3 Å². The van der Waals surface area contributed by atoms with E-state index in [-0.39, 0.29) is 0 Å². The molecule has 0 aliphatic carbocycles. The predicted octanol–water partition coefficient (Wildman–Crippen LogP) is 3.98. The average Bonchev–Trinajstić information content (AvgIpc) is 3.09. The highest BCUT2D eigenvalue weighted by molar-refractivity contribution is 7.98. The van der Waals surface area contributed by atoms with E-state index in [0.717, 1.165) is 16.1 Å². The smallest absolute Gasteiger partial charge is 0.237 e. The zero-order chi connectivity index (χ0) is 13.9. The molecule has 102 valence electrons. The van der Waals surface area contributed by atoms with Gasteiger partial charge in [-0.1, -0.05) is 11.2 Å². The highest BCUT2D eigenvalue weighted by Gasteiger charge is 2.10. The molecule has 0 saturated heterocycles. The van der Waals surface area contributed by atoms with Crippen molar-refractivity contribution in [1.82, 2.24) is 10.1 Å². The van der Waals surface area contributed by atoms with Crippen molar-refractivity contribution in [3.05, 3.63) is 46.5 Å². The lowest BCUT2D eigenvalue weighted by Crippen LogP contribution is -1.88. The van der Waals surface area contributed by atoms with Gasteiger partial charge in [-0.2, -0.15) is 16.3 Å². The first kappa shape index (κ1) is 13.2. The Morgan fingerprint density at radius 3 is 3.05 bits per heavy atom. The predicted molar refractivity (Wildman–Crippen MR) is 82.8 cm³/mol. The molecule has 0 fully saturated rings. The van der Waals surface area contributed by atoms with Gasteiger partial charge in [0.1, 0.15) is 0 Å². The largest absolute Gasteiger partial charge is 0.399 e. The van der Waals surface area contributed by atoms with Gasteiger partial charge in [0.05, 0.1) is 5.75 Å². The van der Waals surface area contributed by atoms with E-state index in [1.54, 1.807) is 23.1 Å². The molecule has 0 aliphatic heterocycles. The van der Waals surface area contributed by atoms with Crippen LogP contribution in [0.25, 0.3) is 11.4 Å². The molecule has 0 saturated carbocycles. The zero-order valence-corrected chi connectivity index (χ0v) is 12.5. The quantitative estimate of drug-likeness (QED) is 0.583. The van der Waals surface area contributed by atoms with Gasteiger partial charge in [0.25, 0.3) is 0 Å². The number of anilines is 1. The molecule has 0 spiro atoms. The molecule has 1 aromatic carbocycles. The average molecular weight is 303 g/mol. The van der Waals surface area contributed by atoms with Crippen molar-refractivity contribution in [3.63, 3.8) is 0 Å². The van der Waals surface area contributed by atoms with Gasteiger partial charge >= 0.3 is 0 Å². The summed E-state index contributed by atoms with van der Waals surface area (Å²) in [6, 6.07) is 7.87. The first-order chi connectivity index (χ1) is 9.72. The number of aromatic nitrogens is 2. The first-order valence-electron chi connectivity index (χ1n) is 6.06. The lowest BCUT2D eigenvalue weighted by molar-refractivity contribution is 0.391. The third-order valence-corrected chi connectivity index (χ3v) is 4.64. The minimum Gasteiger partial charge on any atom is -0.399 e. The van der Waals surface area contributed by atoms with Crippen LogP contribution in [0.15, 0.2) is 44.4 Å². The van der Waals surface area contributed by atoms with Crippen LogP contribution in [0.2, 0.25) is 0 Å². The Kier molecular flexibility index (Phi) is 3.75. The second-order valence-corrected chi connectivity index (χ2v) is 6.13. The number of hydrogen-bond acceptors (Lipinski definition) is 6. The van der Waals surface area contributed by atoms with Crippen molar-refractivity contribution in [3.8, 4) is 11.4 Å². The van der Waals surface area contributed by atoms with Crippen LogP contribution in [-0.2, 0) is 5.75 Å². The van der Waals surface area contributed by atoms with Gasteiger partial charge in [-0.25, -0.2) is 0 Å². The number of nitrogen functional groups attached to an aromatic ring is 1. The number of nitrogens with zero attached hydrogens (tertiary/aromatic N) is 2. The van der Waals surface area contributed by atoms with Crippen LogP contribution >= 0.6 is 23.1 Å². The maximum Gasteiger partial charge on any atom is 0.237 e. The zero-order valence-electron chi connectivity index (χ0n) is 10.9. The SMILES string of the molecule is Cc1ccc(N)cc1SCc1nc(-c2ccsc2)no1. The van der Waals surface area contributed by atoms with Gasteiger partial charge in [-0.15, -0.1) is 11.8 Å². The molecular formula is C14H13N3OS2. The van der Waals surface area contributed by atoms with Crippen LogP contribution < -0.4 is 5.73 Å². The molecule has 20 heavy (non-hydrogen) atoms. The Morgan fingerprint density at radius 1 is 1.35 bits per heavy atom. The highest BCUT2D eigenvalue weighted by Crippen LogP contribution is 2.28. The van der Waals surface area contributed by atoms with Gasteiger partial charge in [0.15, 0.2) is 0 Å². The van der Waals surface area contributed by atoms with Crippen LogP contribution in [0.1, 0.15) is 11.5 Å². The lowest BCUT2D eigenvalue weighted by atomic mass is 10.2. The van der Waals surface area contributed by atoms with Crippen LogP contribution in [0, 0.1) is 6.92 Å². The Bertz CT molecular complexity index is 707. The molecule has 0 bridgehead atoms. The third kappa shape index (κ3) is 2.86. The van der Waals surface area contributed by atoms with E-state index < -0.39 is 0 Å². The fourth-order valence-electron chi connectivity index (χ4n) is 1.73. The number of thiophene rings is 1. The lowest BCUT2D eigenvalue weighted by Gasteiger charge is -2.04. The molecule has 2 aromatic heterocycles. The van der Waals surface area contributed by atoms with Crippen LogP contribution in [0.5, 0.6) is 0 Å². The number of benzene rings is 1. The van der Waals surface area contributed by atoms with Gasteiger partial charge in [0, 0.05) is 21.5 Å². The fourth-order valence-corrected chi connectivity index (χ4v) is 3.28. The summed E-state index contributed by atoms with van der Waals surface area (Å²) >= 11 is 3.27. The minimum atomic E-state index is 0.623. The van der Waals surface area contributed by atoms with Crippen molar-refractivity contribution in [1.29, 1.82) is 0 Å². The molecule has 4 nitrogen and oxygen atoms in total. The van der Waals surface area contributed by atoms with Gasteiger partial charge in [-0.3, -0.25) is 0 Å². The maximum atomic E-state index is 5.80. The summed E-state index contributed by atoms with van der Waals surface area (Å²) in [6.45, 7) is 2.06. The molecule has 3 rings (SSSR count). The van der Waals surface area contributed by atoms with E-state index in [0.29, 0.717) is 17.5 Å². The van der Waals surface area contributed by atoms with Gasteiger partial charge < -0.3 is 10.3 Å². The summed E-state index contributed by atoms with van der Waals surface area (Å²) in [6.07, 6.45) is 0. The molecule has 0 atom stereocenters. The van der Waals surface area contributed by atoms with Crippen molar-refractivity contribution in [2.75, 3.05) is 5.73 Å². The van der Waals surface area contributed by atoms with Crippen molar-refractivity contribution >= 4 is 28.8 Å². The summed E-state index contributed by atoms with van der Waals surface area (Å²) in [7, 11) is 0. The Hall–Kier alpha value is -1.79. The molecule has 3 aromatic rings. The Labute approximate surface area is 125 Å². The monoisotopic (exact) mass is 303 g/mol. The van der Waals surface area contributed by atoms with Gasteiger partial charge in [0.2, 0.25) is 11.7 Å². The molecule has 0 aliphatic rings. The molecule has 2 heterocycles. The molecule has 6 heteroatoms. The Balaban J connectivity index is 1.71. The van der Waals surface area contributed by atoms with Crippen molar-refractivity contribution in [2.24, 2.45) is 0 Å². The molecule has 0 radical (unpaired) electrons. The summed E-state index contributed by atoms with van der Waals surface area (Å²) in [5.74, 6) is 1.91. The second kappa shape index (κ2) is 5.68. The van der Waals surface area contributed by atoms with E-state index in [9.17, 15) is 0 Å². The van der Waals surface area contributed by atoms with Crippen molar-refractivity contribution < 1.29 is 4.52 Å². The first-order valence-corrected chi connectivity index (χ1v) is 7.99. The summed E-state index contributed by atoms with van der Waals surface area (Å²) in [4.78, 5) is 5.54. The van der Waals surface area contributed by atoms with Crippen LogP contribution in [-0.4, -0.2) is 10.1 Å². The number of rotatable bonds is 4. The summed E-state index contributed by atoms with van der Waals surface area (Å²) in [5.41, 5.74) is 8.76. The van der Waals surface area contributed by atoms with Crippen LogP contribution in [0.4, 0.5) is 5.69 Å². The number of hydrogen-bond donors (Lipinski definition) is 1. The summed E-state index contributed by atoms with van der Waals surface area (Å²) in [5, 5.41) is 7.99. The molecular weight excluding hydrogens is 290 g/mol. The third-order valence-electron chi connectivity index (χ3n) is 2.81. The topological polar surface area (TPSA) is 64.9 Å². The second-order valence-electron chi connectivity index (χ2n) is 4.34. The number of nitrogens with two attached hydrogens (primary N) is 1. The minimum absolute atomic E-state index is 0.623. The molecule has 0 unspecified atom stereocenters. The normalized spacial score (nSPS) is 10.8. The van der Waals surface area contributed by atoms with Crippen LogP contribution in [0.3, 0.4) is 0 Å². The highest BCUT2D eigenvalue weighted by atomic mass is 32.2. The molecule has 2 N–H and O–H groups in total. The van der Waals surface area contributed by atoms with E-state index in [1.165, 1.54) is 5.56 Å². The summed E-state index contributed by atoms with van der Waals surface area (Å²) < 4.78 is 5.27. The molecule has 0 amide bonds. The van der Waals surface area contributed by atoms with Crippen molar-refractivity contribution in [2.45, 2.75) is 17.6 Å². The van der Waals surface area contributed by atoms with E-state index in [2.05, 4.69) is 17.1 Å². The maximum absolute atomic E-state index is 5.80. The van der Waals surface area contributed by atoms with E-state index >= 15 is 0 Å².